The molecule has 4 aromatic rings. The van der Waals surface area contributed by atoms with Crippen molar-refractivity contribution in [3.8, 4) is 11.3 Å². The molecule has 2 aromatic carbocycles. The van der Waals surface area contributed by atoms with Crippen molar-refractivity contribution in [2.75, 3.05) is 0 Å². The monoisotopic (exact) mass is 351 g/mol. The first-order valence-corrected chi connectivity index (χ1v) is 7.77. The number of rotatable bonds is 2. The average Bonchev–Trinajstić information content (AvgIpc) is 2.62. The zero-order chi connectivity index (χ0) is 17.6. The van der Waals surface area contributed by atoms with Gasteiger partial charge in [-0.05, 0) is 42.5 Å². The van der Waals surface area contributed by atoms with Gasteiger partial charge in [0.15, 0.2) is 0 Å². The molecule has 0 aliphatic rings. The molecule has 0 fully saturated rings. The Bertz CT molecular complexity index is 1200. The van der Waals surface area contributed by atoms with Gasteiger partial charge in [-0.15, -0.1) is 0 Å². The highest BCUT2D eigenvalue weighted by molar-refractivity contribution is 6.30. The van der Waals surface area contributed by atoms with E-state index in [0.29, 0.717) is 21.7 Å². The average molecular weight is 352 g/mol. The summed E-state index contributed by atoms with van der Waals surface area (Å²) >= 11 is 5.89. The van der Waals surface area contributed by atoms with Gasteiger partial charge in [-0.3, -0.25) is 4.79 Å². The van der Waals surface area contributed by atoms with Crippen LogP contribution in [0.25, 0.3) is 33.3 Å². The van der Waals surface area contributed by atoms with Crippen molar-refractivity contribution in [2.24, 2.45) is 0 Å². The number of pyridine rings is 1. The molecule has 0 aliphatic heterocycles. The van der Waals surface area contributed by atoms with E-state index in [1.807, 2.05) is 12.1 Å². The molecule has 25 heavy (non-hydrogen) atoms. The lowest BCUT2D eigenvalue weighted by molar-refractivity contribution is 0.0697. The van der Waals surface area contributed by atoms with Gasteiger partial charge in [0, 0.05) is 10.6 Å². The summed E-state index contributed by atoms with van der Waals surface area (Å²) in [6, 6.07) is 14.7. The van der Waals surface area contributed by atoms with Gasteiger partial charge in [-0.1, -0.05) is 23.7 Å². The Morgan fingerprint density at radius 2 is 1.76 bits per heavy atom. The van der Waals surface area contributed by atoms with Crippen LogP contribution in [0.5, 0.6) is 0 Å². The third-order valence-corrected chi connectivity index (χ3v) is 4.17. The number of hydrogen-bond acceptors (Lipinski definition) is 4. The van der Waals surface area contributed by atoms with Gasteiger partial charge in [0.2, 0.25) is 11.1 Å². The van der Waals surface area contributed by atoms with Crippen molar-refractivity contribution in [2.45, 2.75) is 0 Å². The van der Waals surface area contributed by atoms with Crippen molar-refractivity contribution in [3.63, 3.8) is 0 Å². The standard InChI is InChI=1S/C19H10ClNO4/c20-12-4-1-10(2-5-12)15-7-6-13-17(22)14-9-11(19(23)24)3-8-16(14)25-18(13)21-15/h1-9H,(H,23,24). The fraction of sp³-hybridized carbons (Fsp3) is 0. The number of aromatic nitrogens is 1. The van der Waals surface area contributed by atoms with Gasteiger partial charge in [0.05, 0.1) is 22.0 Å². The minimum Gasteiger partial charge on any atom is -0.478 e. The first kappa shape index (κ1) is 15.4. The van der Waals surface area contributed by atoms with Crippen LogP contribution in [0.3, 0.4) is 0 Å². The van der Waals surface area contributed by atoms with E-state index in [1.165, 1.54) is 18.2 Å². The van der Waals surface area contributed by atoms with Crippen LogP contribution in [0.15, 0.2) is 63.8 Å². The van der Waals surface area contributed by atoms with Crippen LogP contribution in [-0.2, 0) is 0 Å². The fourth-order valence-corrected chi connectivity index (χ4v) is 2.78. The molecule has 5 nitrogen and oxygen atoms in total. The summed E-state index contributed by atoms with van der Waals surface area (Å²) in [4.78, 5) is 28.2. The highest BCUT2D eigenvalue weighted by Crippen LogP contribution is 2.24. The SMILES string of the molecule is O=C(O)c1ccc2oc3nc(-c4ccc(Cl)cc4)ccc3c(=O)c2c1. The van der Waals surface area contributed by atoms with Crippen LogP contribution in [0.4, 0.5) is 0 Å². The molecule has 4 rings (SSSR count). The fourth-order valence-electron chi connectivity index (χ4n) is 2.65. The molecule has 0 unspecified atom stereocenters. The van der Waals surface area contributed by atoms with Gasteiger partial charge in [0.25, 0.3) is 0 Å². The summed E-state index contributed by atoms with van der Waals surface area (Å²) in [5, 5.41) is 10.2. The smallest absolute Gasteiger partial charge is 0.335 e. The lowest BCUT2D eigenvalue weighted by Crippen LogP contribution is -2.05. The number of hydrogen-bond donors (Lipinski definition) is 1. The largest absolute Gasteiger partial charge is 0.478 e. The van der Waals surface area contributed by atoms with Crippen LogP contribution in [0.2, 0.25) is 5.02 Å². The van der Waals surface area contributed by atoms with E-state index in [0.717, 1.165) is 5.56 Å². The second-order valence-corrected chi connectivity index (χ2v) is 5.94. The predicted molar refractivity (Wildman–Crippen MR) is 95.2 cm³/mol. The van der Waals surface area contributed by atoms with Crippen LogP contribution in [0.1, 0.15) is 10.4 Å². The molecule has 0 radical (unpaired) electrons. The molecule has 0 amide bonds. The van der Waals surface area contributed by atoms with Crippen LogP contribution in [-0.4, -0.2) is 16.1 Å². The third kappa shape index (κ3) is 2.64. The number of carbonyl (C=O) groups is 1. The van der Waals surface area contributed by atoms with Gasteiger partial charge in [-0.25, -0.2) is 9.78 Å². The quantitative estimate of drug-likeness (QED) is 0.543. The molecule has 6 heteroatoms. The molecule has 2 aromatic heterocycles. The molecule has 0 bridgehead atoms. The van der Waals surface area contributed by atoms with E-state index in [9.17, 15) is 9.59 Å². The number of nitrogens with zero attached hydrogens (tertiary/aromatic N) is 1. The molecule has 1 N–H and O–H groups in total. The van der Waals surface area contributed by atoms with E-state index in [2.05, 4.69) is 4.98 Å². The number of aromatic carboxylic acids is 1. The Morgan fingerprint density at radius 3 is 2.48 bits per heavy atom. The van der Waals surface area contributed by atoms with Crippen molar-refractivity contribution < 1.29 is 14.3 Å². The maximum absolute atomic E-state index is 12.6. The Balaban J connectivity index is 1.95. The molecule has 2 heterocycles. The molecule has 122 valence electrons. The van der Waals surface area contributed by atoms with Crippen molar-refractivity contribution in [1.82, 2.24) is 4.98 Å². The van der Waals surface area contributed by atoms with Gasteiger partial charge >= 0.3 is 5.97 Å². The number of fused-ring (bicyclic) bond motifs is 2. The maximum atomic E-state index is 12.6. The lowest BCUT2D eigenvalue weighted by Gasteiger charge is -2.05. The minimum absolute atomic E-state index is 0.0323. The molecule has 0 saturated heterocycles. The molecule has 0 saturated carbocycles. The number of carboxylic acid groups (broad SMARTS) is 1. The molecular formula is C19H10ClNO4. The van der Waals surface area contributed by atoms with Crippen molar-refractivity contribution >= 4 is 39.6 Å². The highest BCUT2D eigenvalue weighted by Gasteiger charge is 2.12. The second-order valence-electron chi connectivity index (χ2n) is 5.50. The normalized spacial score (nSPS) is 11.1. The Kier molecular flexibility index (Phi) is 3.51. The minimum atomic E-state index is -1.10. The summed E-state index contributed by atoms with van der Waals surface area (Å²) in [5.74, 6) is -1.10. The van der Waals surface area contributed by atoms with Crippen molar-refractivity contribution in [3.05, 3.63) is 75.4 Å². The summed E-state index contributed by atoms with van der Waals surface area (Å²) in [6.07, 6.45) is 0. The van der Waals surface area contributed by atoms with Crippen LogP contribution < -0.4 is 5.43 Å². The molecule has 0 spiro atoms. The molecule has 0 aliphatic carbocycles. The van der Waals surface area contributed by atoms with Gasteiger partial charge in [0.1, 0.15) is 5.58 Å². The molecule has 0 atom stereocenters. The summed E-state index contributed by atoms with van der Waals surface area (Å²) in [5.41, 5.74) is 1.71. The summed E-state index contributed by atoms with van der Waals surface area (Å²) in [6.45, 7) is 0. The van der Waals surface area contributed by atoms with E-state index in [-0.39, 0.29) is 22.1 Å². The topological polar surface area (TPSA) is 80.4 Å². The number of halogens is 1. The third-order valence-electron chi connectivity index (χ3n) is 3.92. The second kappa shape index (κ2) is 5.72. The van der Waals surface area contributed by atoms with E-state index < -0.39 is 5.97 Å². The first-order chi connectivity index (χ1) is 12.0. The number of carboxylic acids is 1. The van der Waals surface area contributed by atoms with Crippen molar-refractivity contribution in [1.29, 1.82) is 0 Å². The summed E-state index contributed by atoms with van der Waals surface area (Å²) in [7, 11) is 0. The predicted octanol–water partition coefficient (Wildman–Crippen LogP) is 4.36. The Hall–Kier alpha value is -3.18. The first-order valence-electron chi connectivity index (χ1n) is 7.40. The van der Waals surface area contributed by atoms with Gasteiger partial charge in [-0.2, -0.15) is 0 Å². The Morgan fingerprint density at radius 1 is 1.00 bits per heavy atom. The summed E-state index contributed by atoms with van der Waals surface area (Å²) < 4.78 is 5.72. The van der Waals surface area contributed by atoms with Crippen LogP contribution >= 0.6 is 11.6 Å². The zero-order valence-corrected chi connectivity index (χ0v) is 13.4. The Labute approximate surface area is 146 Å². The zero-order valence-electron chi connectivity index (χ0n) is 12.7. The van der Waals surface area contributed by atoms with Gasteiger partial charge < -0.3 is 9.52 Å². The van der Waals surface area contributed by atoms with E-state index in [4.69, 9.17) is 21.1 Å². The lowest BCUT2D eigenvalue weighted by atomic mass is 10.1. The maximum Gasteiger partial charge on any atom is 0.335 e. The van der Waals surface area contributed by atoms with Crippen LogP contribution in [0, 0.1) is 0 Å². The van der Waals surface area contributed by atoms with E-state index in [1.54, 1.807) is 24.3 Å². The van der Waals surface area contributed by atoms with E-state index >= 15 is 0 Å². The number of benzene rings is 2. The molecular weight excluding hydrogens is 342 g/mol. The highest BCUT2D eigenvalue weighted by atomic mass is 35.5.